The molecule has 1 aliphatic heterocycles. The summed E-state index contributed by atoms with van der Waals surface area (Å²) in [7, 11) is 0. The zero-order chi connectivity index (χ0) is 6.81. The Labute approximate surface area is 61.9 Å². The zero-order valence-electron chi connectivity index (χ0n) is 6.24. The second-order valence-electron chi connectivity index (χ2n) is 3.02. The molecule has 0 atom stereocenters. The van der Waals surface area contributed by atoms with Crippen LogP contribution in [0.2, 0.25) is 0 Å². The van der Waals surface area contributed by atoms with Crippen molar-refractivity contribution in [1.29, 1.82) is 0 Å². The van der Waals surface area contributed by atoms with Crippen LogP contribution in [0.3, 0.4) is 0 Å². The van der Waals surface area contributed by atoms with Crippen molar-refractivity contribution in [3.05, 3.63) is 11.6 Å². The van der Waals surface area contributed by atoms with Gasteiger partial charge in [-0.1, -0.05) is 12.8 Å². The molecule has 0 bridgehead atoms. The molecule has 0 aromatic carbocycles. The average Bonchev–Trinajstić information content (AvgIpc) is 2.05. The highest BCUT2D eigenvalue weighted by molar-refractivity contribution is 5.95. The van der Waals surface area contributed by atoms with Gasteiger partial charge in [-0.05, 0) is 6.42 Å². The minimum absolute atomic E-state index is 1.18. The van der Waals surface area contributed by atoms with Crippen molar-refractivity contribution in [2.75, 3.05) is 6.54 Å². The summed E-state index contributed by atoms with van der Waals surface area (Å²) in [6, 6.07) is 0. The van der Waals surface area contributed by atoms with E-state index in [1.54, 1.807) is 0 Å². The van der Waals surface area contributed by atoms with Gasteiger partial charge in [0, 0.05) is 12.1 Å². The molecule has 1 heteroatoms. The van der Waals surface area contributed by atoms with Gasteiger partial charge in [-0.2, -0.15) is 5.57 Å². The summed E-state index contributed by atoms with van der Waals surface area (Å²) in [5.41, 5.74) is 2.97. The minimum atomic E-state index is 1.18. The molecule has 54 valence electrons. The highest BCUT2D eigenvalue weighted by atomic mass is 14.7. The predicted octanol–water partition coefficient (Wildman–Crippen LogP) is 0.215. The van der Waals surface area contributed by atoms with Crippen LogP contribution < -0.4 is 4.99 Å². The first-order chi connectivity index (χ1) is 4.97. The maximum Gasteiger partial charge on any atom is 0.124 e. The van der Waals surface area contributed by atoms with Crippen LogP contribution in [-0.2, 0) is 0 Å². The Balaban J connectivity index is 2.25. The number of rotatable bonds is 0. The maximum absolute atomic E-state index is 3.44. The third kappa shape index (κ3) is 1.00. The number of nitrogens with one attached hydrogen (secondary N) is 1. The third-order valence-corrected chi connectivity index (χ3v) is 2.25. The molecular formula is C9H13N. The Kier molecular flexibility index (Phi) is 1.58. The first kappa shape index (κ1) is 6.14. The topological polar surface area (TPSA) is 14.0 Å². The summed E-state index contributed by atoms with van der Waals surface area (Å²) in [5.74, 6) is 0. The van der Waals surface area contributed by atoms with Gasteiger partial charge in [-0.25, -0.2) is 0 Å². The van der Waals surface area contributed by atoms with Gasteiger partial charge in [-0.3, -0.25) is 6.08 Å². The molecule has 2 aliphatic rings. The summed E-state index contributed by atoms with van der Waals surface area (Å²) in [5, 5.41) is 0. The van der Waals surface area contributed by atoms with Crippen LogP contribution in [0.1, 0.15) is 32.1 Å². The molecule has 0 saturated carbocycles. The largest absolute Gasteiger partial charge is 0.324 e. The molecule has 0 fully saturated rings. The molecule has 10 heavy (non-hydrogen) atoms. The van der Waals surface area contributed by atoms with E-state index in [4.69, 9.17) is 0 Å². The Morgan fingerprint density at radius 1 is 1.20 bits per heavy atom. The van der Waals surface area contributed by atoms with Crippen molar-refractivity contribution in [2.24, 2.45) is 0 Å². The van der Waals surface area contributed by atoms with Gasteiger partial charge in [0.2, 0.25) is 0 Å². The molecule has 1 aliphatic carbocycles. The molecule has 1 heterocycles. The summed E-state index contributed by atoms with van der Waals surface area (Å²) in [6.07, 6.45) is 9.75. The lowest BCUT2D eigenvalue weighted by Gasteiger charge is -2.24. The normalized spacial score (nSPS) is 24.8. The number of allylic oxidation sites excluding steroid dienone is 2. The molecule has 0 saturated heterocycles. The number of hydrogen-bond donors (Lipinski definition) is 1. The number of hydrogen-bond acceptors (Lipinski definition) is 0. The van der Waals surface area contributed by atoms with Crippen molar-refractivity contribution in [2.45, 2.75) is 32.1 Å². The minimum Gasteiger partial charge on any atom is -0.324 e. The van der Waals surface area contributed by atoms with Crippen molar-refractivity contribution in [3.63, 3.8) is 0 Å². The Morgan fingerprint density at radius 3 is 3.10 bits per heavy atom. The van der Waals surface area contributed by atoms with Crippen molar-refractivity contribution < 1.29 is 4.99 Å². The molecule has 0 unspecified atom stereocenters. The predicted molar refractivity (Wildman–Crippen MR) is 40.7 cm³/mol. The molecule has 1 N–H and O–H groups in total. The second kappa shape index (κ2) is 2.57. The SMILES string of the molecule is [C-]1=C2CCC[NH+]=C2CCC1. The molecule has 0 spiro atoms. The molecule has 0 radical (unpaired) electrons. The lowest BCUT2D eigenvalue weighted by molar-refractivity contribution is -0.462. The van der Waals surface area contributed by atoms with Gasteiger partial charge in [0.1, 0.15) is 6.54 Å². The van der Waals surface area contributed by atoms with Gasteiger partial charge in [0.25, 0.3) is 0 Å². The zero-order valence-corrected chi connectivity index (χ0v) is 6.24. The fraction of sp³-hybridized carbons (Fsp3) is 0.667. The molecule has 0 aromatic heterocycles. The van der Waals surface area contributed by atoms with Crippen molar-refractivity contribution >= 4 is 5.71 Å². The molecule has 0 amide bonds. The van der Waals surface area contributed by atoms with Crippen LogP contribution in [0.4, 0.5) is 0 Å². The Morgan fingerprint density at radius 2 is 2.20 bits per heavy atom. The van der Waals surface area contributed by atoms with Gasteiger partial charge >= 0.3 is 0 Å². The summed E-state index contributed by atoms with van der Waals surface area (Å²) < 4.78 is 0. The van der Waals surface area contributed by atoms with Gasteiger partial charge in [0.05, 0.1) is 0 Å². The molecule has 0 aromatic rings. The smallest absolute Gasteiger partial charge is 0.124 e. The van der Waals surface area contributed by atoms with E-state index in [0.29, 0.717) is 0 Å². The van der Waals surface area contributed by atoms with E-state index in [2.05, 4.69) is 11.1 Å². The summed E-state index contributed by atoms with van der Waals surface area (Å²) >= 11 is 0. The first-order valence-electron chi connectivity index (χ1n) is 4.16. The Bertz CT molecular complexity index is 167. The van der Waals surface area contributed by atoms with E-state index in [1.807, 2.05) is 0 Å². The average molecular weight is 135 g/mol. The summed E-state index contributed by atoms with van der Waals surface area (Å²) in [6.45, 7) is 1.18. The quantitative estimate of drug-likeness (QED) is 0.457. The fourth-order valence-electron chi connectivity index (χ4n) is 1.70. The van der Waals surface area contributed by atoms with Crippen LogP contribution in [0.5, 0.6) is 0 Å². The van der Waals surface area contributed by atoms with E-state index in [9.17, 15) is 0 Å². The lowest BCUT2D eigenvalue weighted by atomic mass is 9.92. The van der Waals surface area contributed by atoms with E-state index >= 15 is 0 Å². The molecule has 2 rings (SSSR count). The van der Waals surface area contributed by atoms with E-state index < -0.39 is 0 Å². The van der Waals surface area contributed by atoms with Crippen LogP contribution in [-0.4, -0.2) is 12.3 Å². The highest BCUT2D eigenvalue weighted by Crippen LogP contribution is 2.16. The lowest BCUT2D eigenvalue weighted by Crippen LogP contribution is -2.75. The van der Waals surface area contributed by atoms with Crippen molar-refractivity contribution in [1.82, 2.24) is 0 Å². The highest BCUT2D eigenvalue weighted by Gasteiger charge is 2.09. The number of fused-ring (bicyclic) bond motifs is 1. The van der Waals surface area contributed by atoms with Gasteiger partial charge < -0.3 is 4.99 Å². The maximum atomic E-state index is 3.44. The van der Waals surface area contributed by atoms with Crippen LogP contribution in [0, 0.1) is 6.08 Å². The third-order valence-electron chi connectivity index (χ3n) is 2.25. The van der Waals surface area contributed by atoms with E-state index in [0.717, 1.165) is 0 Å². The molecular weight excluding hydrogens is 122 g/mol. The summed E-state index contributed by atoms with van der Waals surface area (Å²) in [4.78, 5) is 3.44. The fourth-order valence-corrected chi connectivity index (χ4v) is 1.70. The standard InChI is InChI=1S/C9H12N/c1-2-6-9-8(4-1)5-3-7-10-9/h1-3,5-7H2/q-1/p+1. The van der Waals surface area contributed by atoms with Gasteiger partial charge in [-0.15, -0.1) is 6.42 Å². The monoisotopic (exact) mass is 135 g/mol. The first-order valence-corrected chi connectivity index (χ1v) is 4.16. The van der Waals surface area contributed by atoms with E-state index in [-0.39, 0.29) is 0 Å². The second-order valence-corrected chi connectivity index (χ2v) is 3.02. The van der Waals surface area contributed by atoms with Crippen LogP contribution in [0.25, 0.3) is 0 Å². The van der Waals surface area contributed by atoms with Crippen molar-refractivity contribution in [3.8, 4) is 0 Å². The van der Waals surface area contributed by atoms with Gasteiger partial charge in [0.15, 0.2) is 0 Å². The molecule has 1 nitrogen and oxygen atoms in total. The van der Waals surface area contributed by atoms with Crippen LogP contribution in [0.15, 0.2) is 5.57 Å². The van der Waals surface area contributed by atoms with E-state index in [1.165, 1.54) is 49.9 Å². The van der Waals surface area contributed by atoms with Crippen LogP contribution >= 0.6 is 0 Å². The Hall–Kier alpha value is -0.590.